The summed E-state index contributed by atoms with van der Waals surface area (Å²) in [4.78, 5) is 38.0. The molecule has 0 bridgehead atoms. The summed E-state index contributed by atoms with van der Waals surface area (Å²) in [5.41, 5.74) is 3.35. The van der Waals surface area contributed by atoms with E-state index in [4.69, 9.17) is 9.47 Å². The number of para-hydroxylation sites is 1. The lowest BCUT2D eigenvalue weighted by atomic mass is 10.1. The Morgan fingerprint density at radius 2 is 1.64 bits per heavy atom. The molecule has 0 spiro atoms. The van der Waals surface area contributed by atoms with Crippen molar-refractivity contribution in [3.8, 4) is 5.75 Å². The predicted octanol–water partition coefficient (Wildman–Crippen LogP) is 5.12. The van der Waals surface area contributed by atoms with Crippen LogP contribution >= 0.6 is 11.3 Å². The van der Waals surface area contributed by atoms with Crippen LogP contribution in [0.3, 0.4) is 0 Å². The van der Waals surface area contributed by atoms with Gasteiger partial charge in [-0.25, -0.2) is 4.79 Å². The van der Waals surface area contributed by atoms with E-state index in [-0.39, 0.29) is 19.1 Å². The van der Waals surface area contributed by atoms with Crippen molar-refractivity contribution >= 4 is 39.8 Å². The van der Waals surface area contributed by atoms with Gasteiger partial charge in [-0.1, -0.05) is 18.2 Å². The monoisotopic (exact) mass is 466 g/mol. The van der Waals surface area contributed by atoms with E-state index in [1.165, 1.54) is 11.3 Å². The Hall–Kier alpha value is -3.65. The summed E-state index contributed by atoms with van der Waals surface area (Å²) in [5, 5.41) is 6.05. The number of hydrogen-bond donors (Lipinski definition) is 2. The molecule has 1 aromatic heterocycles. The van der Waals surface area contributed by atoms with Crippen molar-refractivity contribution in [3.63, 3.8) is 0 Å². The van der Waals surface area contributed by atoms with Crippen LogP contribution in [-0.2, 0) is 9.53 Å². The van der Waals surface area contributed by atoms with Crippen molar-refractivity contribution in [2.24, 2.45) is 0 Å². The lowest BCUT2D eigenvalue weighted by molar-refractivity contribution is -0.118. The largest absolute Gasteiger partial charge is 0.484 e. The zero-order valence-corrected chi connectivity index (χ0v) is 19.8. The van der Waals surface area contributed by atoms with E-state index in [1.807, 2.05) is 45.0 Å². The van der Waals surface area contributed by atoms with Crippen LogP contribution in [0.15, 0.2) is 48.5 Å². The first-order valence-corrected chi connectivity index (χ1v) is 11.3. The van der Waals surface area contributed by atoms with E-state index in [0.29, 0.717) is 21.9 Å². The number of carbonyl (C=O) groups excluding carboxylic acids is 3. The van der Waals surface area contributed by atoms with Crippen molar-refractivity contribution in [2.45, 2.75) is 27.7 Å². The fourth-order valence-corrected chi connectivity index (χ4v) is 4.15. The summed E-state index contributed by atoms with van der Waals surface area (Å²) >= 11 is 1.32. The first kappa shape index (κ1) is 24.0. The van der Waals surface area contributed by atoms with Crippen LogP contribution in [0.1, 0.15) is 43.6 Å². The quantitative estimate of drug-likeness (QED) is 0.450. The smallest absolute Gasteiger partial charge is 0.341 e. The third-order valence-electron chi connectivity index (χ3n) is 5.00. The average Bonchev–Trinajstić information content (AvgIpc) is 3.07. The number of benzene rings is 2. The zero-order valence-electron chi connectivity index (χ0n) is 19.0. The van der Waals surface area contributed by atoms with E-state index < -0.39 is 11.9 Å². The molecule has 1 heterocycles. The maximum Gasteiger partial charge on any atom is 0.341 e. The third-order valence-corrected chi connectivity index (χ3v) is 6.12. The van der Waals surface area contributed by atoms with E-state index >= 15 is 0 Å². The Bertz CT molecular complexity index is 1170. The number of amides is 2. The van der Waals surface area contributed by atoms with Gasteiger partial charge in [-0.05, 0) is 69.2 Å². The SMILES string of the molecule is CCOC(=O)c1c(NC(=O)COc2ccc(C(=O)Nc3ccccc3C)cc2)sc(C)c1C. The van der Waals surface area contributed by atoms with Crippen molar-refractivity contribution in [1.29, 1.82) is 0 Å². The van der Waals surface area contributed by atoms with Crippen molar-refractivity contribution in [2.75, 3.05) is 23.8 Å². The highest BCUT2D eigenvalue weighted by Gasteiger charge is 2.22. The summed E-state index contributed by atoms with van der Waals surface area (Å²) in [6.45, 7) is 7.37. The van der Waals surface area contributed by atoms with Crippen molar-refractivity contribution in [1.82, 2.24) is 0 Å². The van der Waals surface area contributed by atoms with E-state index in [1.54, 1.807) is 31.2 Å². The second-order valence-corrected chi connectivity index (χ2v) is 8.56. The molecule has 8 heteroatoms. The molecule has 0 unspecified atom stereocenters. The molecule has 33 heavy (non-hydrogen) atoms. The molecule has 2 amide bonds. The fourth-order valence-electron chi connectivity index (χ4n) is 3.09. The number of rotatable bonds is 8. The van der Waals surface area contributed by atoms with Crippen LogP contribution in [0.25, 0.3) is 0 Å². The summed E-state index contributed by atoms with van der Waals surface area (Å²) in [5.74, 6) is -0.649. The van der Waals surface area contributed by atoms with Gasteiger partial charge in [0.15, 0.2) is 6.61 Å². The normalized spacial score (nSPS) is 10.4. The maximum atomic E-state index is 12.5. The van der Waals surface area contributed by atoms with Gasteiger partial charge in [0.05, 0.1) is 12.2 Å². The number of hydrogen-bond acceptors (Lipinski definition) is 6. The molecule has 2 aromatic carbocycles. The Kier molecular flexibility index (Phi) is 7.84. The van der Waals surface area contributed by atoms with Crippen molar-refractivity contribution < 1.29 is 23.9 Å². The summed E-state index contributed by atoms with van der Waals surface area (Å²) in [6, 6.07) is 14.1. The van der Waals surface area contributed by atoms with Gasteiger partial charge in [-0.2, -0.15) is 0 Å². The molecule has 172 valence electrons. The highest BCUT2D eigenvalue weighted by molar-refractivity contribution is 7.16. The lowest BCUT2D eigenvalue weighted by Crippen LogP contribution is -2.21. The van der Waals surface area contributed by atoms with E-state index in [2.05, 4.69) is 10.6 Å². The fraction of sp³-hybridized carbons (Fsp3) is 0.240. The molecule has 0 fully saturated rings. The zero-order chi connectivity index (χ0) is 24.0. The Morgan fingerprint density at radius 1 is 0.939 bits per heavy atom. The standard InChI is InChI=1S/C25H26N2O5S/c1-5-31-25(30)22-16(3)17(4)33-24(22)27-21(28)14-32-19-12-10-18(11-13-19)23(29)26-20-9-7-6-8-15(20)2/h6-13H,5,14H2,1-4H3,(H,26,29)(H,27,28). The van der Waals surface area contributed by atoms with Gasteiger partial charge in [-0.15, -0.1) is 11.3 Å². The Morgan fingerprint density at radius 3 is 2.30 bits per heavy atom. The van der Waals surface area contributed by atoms with Crippen LogP contribution < -0.4 is 15.4 Å². The Balaban J connectivity index is 1.58. The number of esters is 1. The predicted molar refractivity (Wildman–Crippen MR) is 129 cm³/mol. The molecule has 0 aliphatic carbocycles. The molecule has 0 aliphatic heterocycles. The van der Waals surface area contributed by atoms with Gasteiger partial charge in [0, 0.05) is 16.1 Å². The lowest BCUT2D eigenvalue weighted by Gasteiger charge is -2.10. The average molecular weight is 467 g/mol. The van der Waals surface area contributed by atoms with Gasteiger partial charge >= 0.3 is 5.97 Å². The molecule has 3 aromatic rings. The number of aryl methyl sites for hydroxylation is 2. The number of anilines is 2. The topological polar surface area (TPSA) is 93.7 Å². The summed E-state index contributed by atoms with van der Waals surface area (Å²) in [6.07, 6.45) is 0. The molecule has 0 saturated heterocycles. The van der Waals surface area contributed by atoms with Crippen LogP contribution in [0, 0.1) is 20.8 Å². The molecule has 3 rings (SSSR count). The third kappa shape index (κ3) is 5.98. The molecule has 0 atom stereocenters. The van der Waals surface area contributed by atoms with Gasteiger partial charge in [0.25, 0.3) is 11.8 Å². The van der Waals surface area contributed by atoms with Crippen molar-refractivity contribution in [3.05, 3.63) is 75.7 Å². The molecule has 7 nitrogen and oxygen atoms in total. The number of thiophene rings is 1. The van der Waals surface area contributed by atoms with E-state index in [0.717, 1.165) is 21.7 Å². The van der Waals surface area contributed by atoms with Crippen LogP contribution in [0.2, 0.25) is 0 Å². The minimum Gasteiger partial charge on any atom is -0.484 e. The first-order valence-electron chi connectivity index (χ1n) is 10.5. The van der Waals surface area contributed by atoms with Gasteiger partial charge in [0.1, 0.15) is 10.8 Å². The molecular weight excluding hydrogens is 440 g/mol. The highest BCUT2D eigenvalue weighted by atomic mass is 32.1. The number of nitrogens with one attached hydrogen (secondary N) is 2. The first-order chi connectivity index (χ1) is 15.8. The minimum atomic E-state index is -0.463. The summed E-state index contributed by atoms with van der Waals surface area (Å²) in [7, 11) is 0. The number of carbonyl (C=O) groups is 3. The van der Waals surface area contributed by atoms with Gasteiger partial charge < -0.3 is 20.1 Å². The second-order valence-electron chi connectivity index (χ2n) is 7.34. The maximum absolute atomic E-state index is 12.5. The summed E-state index contributed by atoms with van der Waals surface area (Å²) < 4.78 is 10.6. The minimum absolute atomic E-state index is 0.233. The highest BCUT2D eigenvalue weighted by Crippen LogP contribution is 2.33. The van der Waals surface area contributed by atoms with Gasteiger partial charge in [-0.3, -0.25) is 9.59 Å². The Labute approximate surface area is 196 Å². The molecule has 0 saturated carbocycles. The van der Waals surface area contributed by atoms with Crippen LogP contribution in [0.5, 0.6) is 5.75 Å². The molecular formula is C25H26N2O5S. The molecule has 0 radical (unpaired) electrons. The van der Waals surface area contributed by atoms with Gasteiger partial charge in [0.2, 0.25) is 0 Å². The van der Waals surface area contributed by atoms with E-state index in [9.17, 15) is 14.4 Å². The van der Waals surface area contributed by atoms with Crippen LogP contribution in [-0.4, -0.2) is 31.0 Å². The molecule has 2 N–H and O–H groups in total. The number of ether oxygens (including phenoxy) is 2. The molecule has 0 aliphatic rings. The van der Waals surface area contributed by atoms with Crippen LogP contribution in [0.4, 0.5) is 10.7 Å². The second kappa shape index (κ2) is 10.8.